The fourth-order valence-corrected chi connectivity index (χ4v) is 2.60. The number of esters is 1. The number of ether oxygens (including phenoxy) is 1. The molecule has 1 aromatic carbocycles. The molecular formula is C15H22N2O3. The van der Waals surface area contributed by atoms with Gasteiger partial charge in [0.15, 0.2) is 0 Å². The molecule has 0 aromatic heterocycles. The van der Waals surface area contributed by atoms with E-state index in [1.165, 1.54) is 0 Å². The summed E-state index contributed by atoms with van der Waals surface area (Å²) in [5.74, 6) is -0.113. The third kappa shape index (κ3) is 3.04. The van der Waals surface area contributed by atoms with E-state index in [1.807, 2.05) is 13.0 Å². The molecule has 1 aliphatic rings. The standard InChI is InChI=1S/C15H22N2O3/c1-3-20-15(19)13-8-12(16)4-5-14(13)17-7-6-11(9-17)10(2)18/h4-5,8,10-11,18H,3,6-7,9,16H2,1-2H3. The first-order valence-electron chi connectivity index (χ1n) is 7.02. The minimum absolute atomic E-state index is 0.239. The number of carbonyl (C=O) groups excluding carboxylic acids is 1. The lowest BCUT2D eigenvalue weighted by atomic mass is 10.0. The first-order chi connectivity index (χ1) is 9.52. The summed E-state index contributed by atoms with van der Waals surface area (Å²) < 4.78 is 5.09. The molecule has 2 rings (SSSR count). The maximum Gasteiger partial charge on any atom is 0.340 e. The molecule has 5 heteroatoms. The molecule has 0 bridgehead atoms. The Bertz CT molecular complexity index is 488. The van der Waals surface area contributed by atoms with Crippen molar-refractivity contribution in [1.29, 1.82) is 0 Å². The van der Waals surface area contributed by atoms with Gasteiger partial charge in [-0.25, -0.2) is 4.79 Å². The van der Waals surface area contributed by atoms with Crippen molar-refractivity contribution < 1.29 is 14.6 Å². The van der Waals surface area contributed by atoms with E-state index >= 15 is 0 Å². The summed E-state index contributed by atoms with van der Waals surface area (Å²) in [5, 5.41) is 9.69. The second-order valence-corrected chi connectivity index (χ2v) is 5.23. The molecule has 3 N–H and O–H groups in total. The maximum atomic E-state index is 12.0. The van der Waals surface area contributed by atoms with Crippen LogP contribution in [0.25, 0.3) is 0 Å². The maximum absolute atomic E-state index is 12.0. The zero-order chi connectivity index (χ0) is 14.7. The van der Waals surface area contributed by atoms with Gasteiger partial charge in [0.05, 0.1) is 24.0 Å². The molecule has 1 aromatic rings. The molecule has 1 fully saturated rings. The van der Waals surface area contributed by atoms with Gasteiger partial charge in [0, 0.05) is 24.7 Å². The van der Waals surface area contributed by atoms with Gasteiger partial charge in [-0.2, -0.15) is 0 Å². The van der Waals surface area contributed by atoms with Gasteiger partial charge >= 0.3 is 5.97 Å². The highest BCUT2D eigenvalue weighted by molar-refractivity contribution is 5.97. The molecule has 20 heavy (non-hydrogen) atoms. The van der Waals surface area contributed by atoms with E-state index in [-0.39, 0.29) is 18.0 Å². The summed E-state index contributed by atoms with van der Waals surface area (Å²) >= 11 is 0. The molecule has 1 aliphatic heterocycles. The van der Waals surface area contributed by atoms with Crippen LogP contribution in [0.15, 0.2) is 18.2 Å². The number of nitrogen functional groups attached to an aromatic ring is 1. The first kappa shape index (κ1) is 14.7. The van der Waals surface area contributed by atoms with Crippen LogP contribution >= 0.6 is 0 Å². The molecule has 2 atom stereocenters. The number of nitrogens with two attached hydrogens (primary N) is 1. The van der Waals surface area contributed by atoms with E-state index in [4.69, 9.17) is 10.5 Å². The lowest BCUT2D eigenvalue weighted by Gasteiger charge is -2.22. The van der Waals surface area contributed by atoms with Crippen LogP contribution in [0.4, 0.5) is 11.4 Å². The minimum Gasteiger partial charge on any atom is -0.462 e. The molecule has 5 nitrogen and oxygen atoms in total. The molecule has 1 heterocycles. The fraction of sp³-hybridized carbons (Fsp3) is 0.533. The summed E-state index contributed by atoms with van der Waals surface area (Å²) in [7, 11) is 0. The van der Waals surface area contributed by atoms with Gasteiger partial charge in [-0.15, -0.1) is 0 Å². The number of carbonyl (C=O) groups is 1. The summed E-state index contributed by atoms with van der Waals surface area (Å²) in [5.41, 5.74) is 7.65. The first-order valence-corrected chi connectivity index (χ1v) is 7.02. The van der Waals surface area contributed by atoms with Crippen molar-refractivity contribution in [2.24, 2.45) is 5.92 Å². The van der Waals surface area contributed by atoms with Crippen LogP contribution in [0.2, 0.25) is 0 Å². The Morgan fingerprint density at radius 1 is 1.60 bits per heavy atom. The van der Waals surface area contributed by atoms with Gasteiger partial charge in [-0.05, 0) is 38.5 Å². The Hall–Kier alpha value is -1.75. The molecule has 0 aliphatic carbocycles. The smallest absolute Gasteiger partial charge is 0.340 e. The van der Waals surface area contributed by atoms with E-state index in [0.29, 0.717) is 17.9 Å². The predicted molar refractivity (Wildman–Crippen MR) is 78.8 cm³/mol. The van der Waals surface area contributed by atoms with Crippen LogP contribution in [0, 0.1) is 5.92 Å². The van der Waals surface area contributed by atoms with Crippen LogP contribution < -0.4 is 10.6 Å². The van der Waals surface area contributed by atoms with Crippen LogP contribution in [-0.4, -0.2) is 36.9 Å². The predicted octanol–water partition coefficient (Wildman–Crippen LogP) is 1.65. The minimum atomic E-state index is -0.352. The lowest BCUT2D eigenvalue weighted by Crippen LogP contribution is -2.25. The summed E-state index contributed by atoms with van der Waals surface area (Å²) in [6, 6.07) is 5.29. The van der Waals surface area contributed by atoms with Crippen molar-refractivity contribution in [2.75, 3.05) is 30.3 Å². The molecule has 0 spiro atoms. The fourth-order valence-electron chi connectivity index (χ4n) is 2.60. The Kier molecular flexibility index (Phi) is 4.49. The Balaban J connectivity index is 2.25. The van der Waals surface area contributed by atoms with E-state index in [0.717, 1.165) is 25.2 Å². The number of benzene rings is 1. The summed E-state index contributed by atoms with van der Waals surface area (Å²) in [6.07, 6.45) is 0.587. The highest BCUT2D eigenvalue weighted by atomic mass is 16.5. The Labute approximate surface area is 119 Å². The van der Waals surface area contributed by atoms with Crippen molar-refractivity contribution in [3.05, 3.63) is 23.8 Å². The molecule has 1 saturated heterocycles. The van der Waals surface area contributed by atoms with E-state index in [9.17, 15) is 9.90 Å². The second-order valence-electron chi connectivity index (χ2n) is 5.23. The van der Waals surface area contributed by atoms with Gasteiger partial charge in [0.2, 0.25) is 0 Å². The molecular weight excluding hydrogens is 256 g/mol. The van der Waals surface area contributed by atoms with Crippen LogP contribution in [0.3, 0.4) is 0 Å². The van der Waals surface area contributed by atoms with Crippen molar-refractivity contribution in [1.82, 2.24) is 0 Å². The number of aliphatic hydroxyl groups is 1. The molecule has 0 saturated carbocycles. The highest BCUT2D eigenvalue weighted by Crippen LogP contribution is 2.30. The zero-order valence-corrected chi connectivity index (χ0v) is 12.0. The van der Waals surface area contributed by atoms with Crippen LogP contribution in [0.5, 0.6) is 0 Å². The van der Waals surface area contributed by atoms with E-state index < -0.39 is 0 Å². The SMILES string of the molecule is CCOC(=O)c1cc(N)ccc1N1CCC(C(C)O)C1. The number of hydrogen-bond acceptors (Lipinski definition) is 5. The number of hydrogen-bond donors (Lipinski definition) is 2. The topological polar surface area (TPSA) is 75.8 Å². The Morgan fingerprint density at radius 3 is 2.95 bits per heavy atom. The van der Waals surface area contributed by atoms with Crippen molar-refractivity contribution in [2.45, 2.75) is 26.4 Å². The summed E-state index contributed by atoms with van der Waals surface area (Å²) in [6.45, 7) is 5.50. The molecule has 2 unspecified atom stereocenters. The molecule has 0 radical (unpaired) electrons. The number of anilines is 2. The van der Waals surface area contributed by atoms with Gasteiger partial charge in [0.1, 0.15) is 0 Å². The van der Waals surface area contributed by atoms with Crippen LogP contribution in [0.1, 0.15) is 30.6 Å². The number of nitrogens with zero attached hydrogens (tertiary/aromatic N) is 1. The second kappa shape index (κ2) is 6.13. The average Bonchev–Trinajstić information content (AvgIpc) is 2.88. The van der Waals surface area contributed by atoms with Crippen molar-refractivity contribution in [3.8, 4) is 0 Å². The normalized spacial score (nSPS) is 19.9. The lowest BCUT2D eigenvalue weighted by molar-refractivity contribution is 0.0527. The monoisotopic (exact) mass is 278 g/mol. The van der Waals surface area contributed by atoms with E-state index in [1.54, 1.807) is 19.1 Å². The van der Waals surface area contributed by atoms with Gasteiger partial charge in [-0.1, -0.05) is 0 Å². The summed E-state index contributed by atoms with van der Waals surface area (Å²) in [4.78, 5) is 14.2. The van der Waals surface area contributed by atoms with Gasteiger partial charge in [0.25, 0.3) is 0 Å². The number of rotatable bonds is 4. The van der Waals surface area contributed by atoms with Crippen molar-refractivity contribution >= 4 is 17.3 Å². The third-order valence-electron chi connectivity index (χ3n) is 3.76. The third-order valence-corrected chi connectivity index (χ3v) is 3.76. The molecule has 0 amide bonds. The highest BCUT2D eigenvalue weighted by Gasteiger charge is 2.28. The van der Waals surface area contributed by atoms with E-state index in [2.05, 4.69) is 4.90 Å². The van der Waals surface area contributed by atoms with Gasteiger partial charge in [-0.3, -0.25) is 0 Å². The van der Waals surface area contributed by atoms with Gasteiger partial charge < -0.3 is 20.5 Å². The zero-order valence-electron chi connectivity index (χ0n) is 12.0. The number of aliphatic hydroxyl groups excluding tert-OH is 1. The van der Waals surface area contributed by atoms with Crippen molar-refractivity contribution in [3.63, 3.8) is 0 Å². The Morgan fingerprint density at radius 2 is 2.35 bits per heavy atom. The largest absolute Gasteiger partial charge is 0.462 e. The van der Waals surface area contributed by atoms with Crippen LogP contribution in [-0.2, 0) is 4.74 Å². The molecule has 110 valence electrons. The average molecular weight is 278 g/mol. The quantitative estimate of drug-likeness (QED) is 0.647.